The number of para-hydroxylation sites is 1. The lowest BCUT2D eigenvalue weighted by atomic mass is 10.2. The van der Waals surface area contributed by atoms with E-state index in [2.05, 4.69) is 32.8 Å². The number of hydrogen-bond donors (Lipinski definition) is 1. The maximum Gasteiger partial charge on any atom is 0.262 e. The molecule has 0 spiro atoms. The number of benzene rings is 2. The summed E-state index contributed by atoms with van der Waals surface area (Å²) in [4.78, 5) is 29.9. The highest BCUT2D eigenvalue weighted by atomic mass is 79.9. The van der Waals surface area contributed by atoms with E-state index >= 15 is 0 Å². The zero-order chi connectivity index (χ0) is 19.4. The fourth-order valence-corrected chi connectivity index (χ4v) is 3.70. The maximum atomic E-state index is 12.8. The van der Waals surface area contributed by atoms with E-state index in [1.165, 1.54) is 11.8 Å². The molecule has 2 aromatic carbocycles. The molecule has 138 valence electrons. The number of fused-ring (bicyclic) bond motifs is 1. The number of allylic oxidation sites excluding steroid dienone is 1. The van der Waals surface area contributed by atoms with Gasteiger partial charge in [0.2, 0.25) is 5.91 Å². The van der Waals surface area contributed by atoms with Crippen LogP contribution in [0.15, 0.2) is 75.6 Å². The van der Waals surface area contributed by atoms with Crippen molar-refractivity contribution in [3.05, 3.63) is 76.0 Å². The highest BCUT2D eigenvalue weighted by molar-refractivity contribution is 9.10. The molecule has 1 aromatic heterocycles. The van der Waals surface area contributed by atoms with Gasteiger partial charge in [0.25, 0.3) is 5.56 Å². The fraction of sp³-hybridized carbons (Fsp3) is 0.150. The van der Waals surface area contributed by atoms with Gasteiger partial charge in [-0.2, -0.15) is 0 Å². The molecule has 0 aliphatic carbocycles. The predicted molar refractivity (Wildman–Crippen MR) is 114 cm³/mol. The second-order valence-electron chi connectivity index (χ2n) is 5.87. The fourth-order valence-electron chi connectivity index (χ4n) is 2.52. The summed E-state index contributed by atoms with van der Waals surface area (Å²) in [6.45, 7) is 5.84. The number of carbonyl (C=O) groups excluding carboxylic acids is 1. The number of nitrogens with one attached hydrogen (secondary N) is 1. The number of thioether (sulfide) groups is 1. The zero-order valence-electron chi connectivity index (χ0n) is 14.7. The van der Waals surface area contributed by atoms with Crippen molar-refractivity contribution in [1.29, 1.82) is 0 Å². The number of carbonyl (C=O) groups is 1. The monoisotopic (exact) mass is 443 g/mol. The minimum atomic E-state index is -0.433. The second-order valence-corrected chi connectivity index (χ2v) is 8.10. The van der Waals surface area contributed by atoms with Crippen LogP contribution in [-0.4, -0.2) is 20.7 Å². The summed E-state index contributed by atoms with van der Waals surface area (Å²) < 4.78 is 2.49. The molecule has 27 heavy (non-hydrogen) atoms. The van der Waals surface area contributed by atoms with E-state index in [0.717, 1.165) is 4.47 Å². The van der Waals surface area contributed by atoms with Crippen LogP contribution >= 0.6 is 27.7 Å². The number of anilines is 1. The van der Waals surface area contributed by atoms with Crippen LogP contribution in [0.2, 0.25) is 0 Å². The Balaban J connectivity index is 1.87. The second kappa shape index (κ2) is 8.54. The van der Waals surface area contributed by atoms with Gasteiger partial charge in [-0.15, -0.1) is 6.58 Å². The van der Waals surface area contributed by atoms with Gasteiger partial charge in [0.05, 0.1) is 16.2 Å². The van der Waals surface area contributed by atoms with Crippen molar-refractivity contribution in [2.75, 3.05) is 5.32 Å². The van der Waals surface area contributed by atoms with E-state index in [1.807, 2.05) is 36.4 Å². The normalized spacial score (nSPS) is 11.9. The van der Waals surface area contributed by atoms with E-state index in [-0.39, 0.29) is 11.5 Å². The van der Waals surface area contributed by atoms with Gasteiger partial charge in [-0.1, -0.05) is 45.9 Å². The van der Waals surface area contributed by atoms with Crippen LogP contribution in [0.4, 0.5) is 5.69 Å². The first-order chi connectivity index (χ1) is 13.0. The Hall–Kier alpha value is -2.38. The van der Waals surface area contributed by atoms with E-state index < -0.39 is 5.25 Å². The summed E-state index contributed by atoms with van der Waals surface area (Å²) in [5, 5.41) is 3.49. The summed E-state index contributed by atoms with van der Waals surface area (Å²) in [5.41, 5.74) is 1.19. The van der Waals surface area contributed by atoms with Gasteiger partial charge in [-0.05, 0) is 43.3 Å². The Kier molecular flexibility index (Phi) is 6.13. The quantitative estimate of drug-likeness (QED) is 0.346. The predicted octanol–water partition coefficient (Wildman–Crippen LogP) is 4.46. The maximum absolute atomic E-state index is 12.8. The lowest BCUT2D eigenvalue weighted by Crippen LogP contribution is -2.26. The van der Waals surface area contributed by atoms with E-state index in [0.29, 0.717) is 28.3 Å². The Morgan fingerprint density at radius 2 is 2.00 bits per heavy atom. The molecule has 1 unspecified atom stereocenters. The zero-order valence-corrected chi connectivity index (χ0v) is 17.1. The molecule has 7 heteroatoms. The average molecular weight is 444 g/mol. The van der Waals surface area contributed by atoms with Crippen molar-refractivity contribution in [2.45, 2.75) is 23.9 Å². The summed E-state index contributed by atoms with van der Waals surface area (Å²) in [7, 11) is 0. The van der Waals surface area contributed by atoms with Gasteiger partial charge in [0, 0.05) is 16.7 Å². The molecule has 0 radical (unpaired) electrons. The minimum absolute atomic E-state index is 0.136. The third-order valence-electron chi connectivity index (χ3n) is 3.90. The van der Waals surface area contributed by atoms with Gasteiger partial charge < -0.3 is 5.32 Å². The first-order valence-corrected chi connectivity index (χ1v) is 10.0. The Morgan fingerprint density at radius 3 is 2.70 bits per heavy atom. The SMILES string of the molecule is C=CCn1c(SC(C)C(=O)Nc2ccc(Br)cc2)nc2ccccc2c1=O. The Bertz CT molecular complexity index is 1050. The molecular formula is C20H18BrN3O2S. The summed E-state index contributed by atoms with van der Waals surface area (Å²) in [6.07, 6.45) is 1.65. The minimum Gasteiger partial charge on any atom is -0.325 e. The van der Waals surface area contributed by atoms with E-state index in [4.69, 9.17) is 0 Å². The summed E-state index contributed by atoms with van der Waals surface area (Å²) >= 11 is 4.62. The van der Waals surface area contributed by atoms with Crippen LogP contribution in [0.5, 0.6) is 0 Å². The van der Waals surface area contributed by atoms with Crippen molar-refractivity contribution < 1.29 is 4.79 Å². The first-order valence-electron chi connectivity index (χ1n) is 8.33. The van der Waals surface area contributed by atoms with Crippen LogP contribution in [0.1, 0.15) is 6.92 Å². The molecule has 1 atom stereocenters. The van der Waals surface area contributed by atoms with Gasteiger partial charge >= 0.3 is 0 Å². The molecule has 3 aromatic rings. The van der Waals surface area contributed by atoms with Gasteiger partial charge in [0.1, 0.15) is 0 Å². The molecule has 1 N–H and O–H groups in total. The number of aromatic nitrogens is 2. The summed E-state index contributed by atoms with van der Waals surface area (Å²) in [6, 6.07) is 14.6. The van der Waals surface area contributed by atoms with Crippen molar-refractivity contribution in [3.63, 3.8) is 0 Å². The van der Waals surface area contributed by atoms with Gasteiger partial charge in [0.15, 0.2) is 5.16 Å². The smallest absolute Gasteiger partial charge is 0.262 e. The van der Waals surface area contributed by atoms with Crippen LogP contribution in [0.25, 0.3) is 10.9 Å². The number of rotatable bonds is 6. The van der Waals surface area contributed by atoms with Crippen molar-refractivity contribution in [2.24, 2.45) is 0 Å². The Morgan fingerprint density at radius 1 is 1.30 bits per heavy atom. The van der Waals surface area contributed by atoms with Crippen LogP contribution in [-0.2, 0) is 11.3 Å². The topological polar surface area (TPSA) is 64.0 Å². The highest BCUT2D eigenvalue weighted by Gasteiger charge is 2.19. The molecule has 0 saturated heterocycles. The first kappa shape index (κ1) is 19.4. The van der Waals surface area contributed by atoms with Crippen molar-refractivity contribution >= 4 is 50.2 Å². The lowest BCUT2D eigenvalue weighted by Gasteiger charge is -2.15. The Labute approximate surface area is 169 Å². The highest BCUT2D eigenvalue weighted by Crippen LogP contribution is 2.24. The number of hydrogen-bond acceptors (Lipinski definition) is 4. The number of halogens is 1. The molecule has 5 nitrogen and oxygen atoms in total. The molecule has 0 fully saturated rings. The molecule has 3 rings (SSSR count). The molecular weight excluding hydrogens is 426 g/mol. The third kappa shape index (κ3) is 4.48. The molecule has 0 aliphatic heterocycles. The molecule has 0 bridgehead atoms. The number of amides is 1. The van der Waals surface area contributed by atoms with E-state index in [1.54, 1.807) is 29.7 Å². The lowest BCUT2D eigenvalue weighted by molar-refractivity contribution is -0.115. The van der Waals surface area contributed by atoms with Crippen molar-refractivity contribution in [1.82, 2.24) is 9.55 Å². The largest absolute Gasteiger partial charge is 0.325 e. The number of nitrogens with zero attached hydrogens (tertiary/aromatic N) is 2. The third-order valence-corrected chi connectivity index (χ3v) is 5.52. The van der Waals surface area contributed by atoms with Crippen LogP contribution in [0.3, 0.4) is 0 Å². The van der Waals surface area contributed by atoms with Crippen LogP contribution in [0, 0.1) is 0 Å². The standard InChI is InChI=1S/C20H18BrN3O2S/c1-3-12-24-19(26)16-6-4-5-7-17(16)23-20(24)27-13(2)18(25)22-15-10-8-14(21)9-11-15/h3-11,13H,1,12H2,2H3,(H,22,25). The van der Waals surface area contributed by atoms with Crippen LogP contribution < -0.4 is 10.9 Å². The van der Waals surface area contributed by atoms with Gasteiger partial charge in [-0.25, -0.2) is 4.98 Å². The van der Waals surface area contributed by atoms with Gasteiger partial charge in [-0.3, -0.25) is 14.2 Å². The molecule has 0 saturated carbocycles. The molecule has 0 aliphatic rings. The summed E-state index contributed by atoms with van der Waals surface area (Å²) in [5.74, 6) is -0.158. The molecule has 1 heterocycles. The average Bonchev–Trinajstić information content (AvgIpc) is 2.66. The van der Waals surface area contributed by atoms with Crippen molar-refractivity contribution in [3.8, 4) is 0 Å². The van der Waals surface area contributed by atoms with E-state index in [9.17, 15) is 9.59 Å². The molecule has 1 amide bonds.